The van der Waals surface area contributed by atoms with Gasteiger partial charge in [-0.3, -0.25) is 4.79 Å². The van der Waals surface area contributed by atoms with Gasteiger partial charge in [0.15, 0.2) is 0 Å². The zero-order valence-electron chi connectivity index (χ0n) is 13.0. The molecule has 4 heteroatoms. The van der Waals surface area contributed by atoms with Gasteiger partial charge in [-0.1, -0.05) is 41.9 Å². The molecule has 0 bridgehead atoms. The van der Waals surface area contributed by atoms with E-state index in [1.807, 2.05) is 30.3 Å². The van der Waals surface area contributed by atoms with Crippen LogP contribution in [0.4, 0.5) is 4.39 Å². The summed E-state index contributed by atoms with van der Waals surface area (Å²) in [4.78, 5) is 13.1. The molecule has 0 aliphatic heterocycles. The summed E-state index contributed by atoms with van der Waals surface area (Å²) in [5.74, 6) is -0.0370. The van der Waals surface area contributed by atoms with Gasteiger partial charge in [-0.25, -0.2) is 4.39 Å². The molecule has 4 aromatic rings. The van der Waals surface area contributed by atoms with E-state index in [1.54, 1.807) is 24.3 Å². The monoisotopic (exact) mass is 350 g/mol. The normalized spacial score (nSPS) is 11.0. The van der Waals surface area contributed by atoms with Crippen LogP contribution < -0.4 is 5.43 Å². The summed E-state index contributed by atoms with van der Waals surface area (Å²) in [6.07, 6.45) is 0. The second-order valence-corrected chi connectivity index (χ2v) is 6.09. The van der Waals surface area contributed by atoms with Gasteiger partial charge in [0, 0.05) is 10.6 Å². The number of fused-ring (bicyclic) bond motifs is 1. The zero-order chi connectivity index (χ0) is 17.4. The Morgan fingerprint density at radius 2 is 1.56 bits per heavy atom. The van der Waals surface area contributed by atoms with Crippen LogP contribution >= 0.6 is 11.6 Å². The maximum Gasteiger partial charge on any atom is 0.201 e. The molecule has 0 N–H and O–H groups in total. The average Bonchev–Trinajstić information content (AvgIpc) is 2.63. The molecular formula is C21H12ClFO2. The Kier molecular flexibility index (Phi) is 3.86. The molecule has 0 aliphatic carbocycles. The largest absolute Gasteiger partial charge is 0.455 e. The molecule has 0 radical (unpaired) electrons. The molecule has 2 nitrogen and oxygen atoms in total. The van der Waals surface area contributed by atoms with Gasteiger partial charge in [0.1, 0.15) is 17.2 Å². The van der Waals surface area contributed by atoms with Crippen molar-refractivity contribution in [2.75, 3.05) is 0 Å². The second kappa shape index (κ2) is 6.19. The van der Waals surface area contributed by atoms with Crippen molar-refractivity contribution in [1.82, 2.24) is 0 Å². The van der Waals surface area contributed by atoms with Crippen molar-refractivity contribution in [3.63, 3.8) is 0 Å². The van der Waals surface area contributed by atoms with Crippen molar-refractivity contribution in [3.8, 4) is 22.5 Å². The topological polar surface area (TPSA) is 30.2 Å². The van der Waals surface area contributed by atoms with E-state index < -0.39 is 5.82 Å². The summed E-state index contributed by atoms with van der Waals surface area (Å²) in [5.41, 5.74) is 1.92. The Balaban J connectivity index is 2.11. The maximum absolute atomic E-state index is 13.6. The SMILES string of the molecule is O=c1c(-c2ccccc2)c(-c2ccc(Cl)cc2)oc2ccc(F)cc12. The number of halogens is 2. The molecule has 1 heterocycles. The Morgan fingerprint density at radius 3 is 2.28 bits per heavy atom. The highest BCUT2D eigenvalue weighted by Gasteiger charge is 2.18. The van der Waals surface area contributed by atoms with Crippen LogP contribution in [0.15, 0.2) is 82.0 Å². The van der Waals surface area contributed by atoms with Crippen LogP contribution in [0.1, 0.15) is 0 Å². The van der Waals surface area contributed by atoms with Crippen LogP contribution in [0.3, 0.4) is 0 Å². The van der Waals surface area contributed by atoms with Crippen molar-refractivity contribution in [2.45, 2.75) is 0 Å². The molecule has 0 fully saturated rings. The van der Waals surface area contributed by atoms with E-state index in [9.17, 15) is 9.18 Å². The number of hydrogen-bond acceptors (Lipinski definition) is 2. The van der Waals surface area contributed by atoms with Crippen LogP contribution in [0.2, 0.25) is 5.02 Å². The molecule has 4 rings (SSSR count). The fourth-order valence-corrected chi connectivity index (χ4v) is 2.96. The van der Waals surface area contributed by atoms with Crippen LogP contribution in [-0.2, 0) is 0 Å². The van der Waals surface area contributed by atoms with Crippen LogP contribution in [-0.4, -0.2) is 0 Å². The molecule has 0 amide bonds. The summed E-state index contributed by atoms with van der Waals surface area (Å²) in [6.45, 7) is 0. The molecule has 3 aromatic carbocycles. The minimum atomic E-state index is -0.474. The smallest absolute Gasteiger partial charge is 0.201 e. The van der Waals surface area contributed by atoms with E-state index >= 15 is 0 Å². The standard InChI is InChI=1S/C21H12ClFO2/c22-15-8-6-14(7-9-15)21-19(13-4-2-1-3-5-13)20(24)17-12-16(23)10-11-18(17)25-21/h1-12H. The lowest BCUT2D eigenvalue weighted by molar-refractivity contribution is 0.610. The van der Waals surface area contributed by atoms with Gasteiger partial charge in [-0.05, 0) is 48.0 Å². The van der Waals surface area contributed by atoms with E-state index in [0.717, 1.165) is 5.56 Å². The molecule has 0 saturated heterocycles. The predicted octanol–water partition coefficient (Wildman–Crippen LogP) is 5.92. The van der Waals surface area contributed by atoms with Gasteiger partial charge in [0.25, 0.3) is 0 Å². The lowest BCUT2D eigenvalue weighted by Gasteiger charge is -2.11. The summed E-state index contributed by atoms with van der Waals surface area (Å²) in [7, 11) is 0. The summed E-state index contributed by atoms with van der Waals surface area (Å²) in [5, 5.41) is 0.812. The minimum absolute atomic E-state index is 0.219. The summed E-state index contributed by atoms with van der Waals surface area (Å²) in [6, 6.07) is 20.2. The molecule has 0 spiro atoms. The number of hydrogen-bond donors (Lipinski definition) is 0. The highest BCUT2D eigenvalue weighted by Crippen LogP contribution is 2.33. The molecule has 0 aliphatic rings. The van der Waals surface area contributed by atoms with Gasteiger partial charge in [-0.2, -0.15) is 0 Å². The highest BCUT2D eigenvalue weighted by atomic mass is 35.5. The first kappa shape index (κ1) is 15.6. The molecule has 0 atom stereocenters. The van der Waals surface area contributed by atoms with Crippen molar-refractivity contribution in [1.29, 1.82) is 0 Å². The first-order valence-electron chi connectivity index (χ1n) is 7.71. The Hall–Kier alpha value is -2.91. The molecule has 0 saturated carbocycles. The predicted molar refractivity (Wildman–Crippen MR) is 98.3 cm³/mol. The number of rotatable bonds is 2. The Morgan fingerprint density at radius 1 is 0.840 bits per heavy atom. The van der Waals surface area contributed by atoms with Crippen molar-refractivity contribution in [3.05, 3.63) is 93.9 Å². The van der Waals surface area contributed by atoms with Crippen molar-refractivity contribution >= 4 is 22.6 Å². The quantitative estimate of drug-likeness (QED) is 0.449. The van der Waals surface area contributed by atoms with Crippen LogP contribution in [0.25, 0.3) is 33.4 Å². The molecule has 0 unspecified atom stereocenters. The Bertz CT molecular complexity index is 1120. The third-order valence-electron chi connectivity index (χ3n) is 4.02. The van der Waals surface area contributed by atoms with Gasteiger partial charge >= 0.3 is 0 Å². The first-order valence-corrected chi connectivity index (χ1v) is 8.09. The fraction of sp³-hybridized carbons (Fsp3) is 0. The van der Waals surface area contributed by atoms with Gasteiger partial charge in [0.2, 0.25) is 5.43 Å². The zero-order valence-corrected chi connectivity index (χ0v) is 13.8. The van der Waals surface area contributed by atoms with Gasteiger partial charge < -0.3 is 4.42 Å². The van der Waals surface area contributed by atoms with Gasteiger partial charge in [0.05, 0.1) is 10.9 Å². The fourth-order valence-electron chi connectivity index (χ4n) is 2.84. The van der Waals surface area contributed by atoms with E-state index in [2.05, 4.69) is 0 Å². The lowest BCUT2D eigenvalue weighted by atomic mass is 9.98. The molecule has 25 heavy (non-hydrogen) atoms. The molecule has 1 aromatic heterocycles. The van der Waals surface area contributed by atoms with E-state index in [1.165, 1.54) is 18.2 Å². The molecular weight excluding hydrogens is 339 g/mol. The summed E-state index contributed by atoms with van der Waals surface area (Å²) < 4.78 is 19.6. The second-order valence-electron chi connectivity index (χ2n) is 5.65. The highest BCUT2D eigenvalue weighted by molar-refractivity contribution is 6.30. The summed E-state index contributed by atoms with van der Waals surface area (Å²) >= 11 is 5.97. The Labute approximate surface area is 148 Å². The van der Waals surface area contributed by atoms with E-state index in [0.29, 0.717) is 27.5 Å². The first-order chi connectivity index (χ1) is 12.1. The van der Waals surface area contributed by atoms with Crippen LogP contribution in [0.5, 0.6) is 0 Å². The number of benzene rings is 3. The van der Waals surface area contributed by atoms with Crippen LogP contribution in [0, 0.1) is 5.82 Å². The third kappa shape index (κ3) is 2.83. The lowest BCUT2D eigenvalue weighted by Crippen LogP contribution is -2.07. The van der Waals surface area contributed by atoms with E-state index in [4.69, 9.17) is 16.0 Å². The van der Waals surface area contributed by atoms with Crippen molar-refractivity contribution in [2.24, 2.45) is 0 Å². The molecule has 122 valence electrons. The van der Waals surface area contributed by atoms with Gasteiger partial charge in [-0.15, -0.1) is 0 Å². The van der Waals surface area contributed by atoms with E-state index in [-0.39, 0.29) is 10.8 Å². The maximum atomic E-state index is 13.6. The minimum Gasteiger partial charge on any atom is -0.455 e. The van der Waals surface area contributed by atoms with Crippen molar-refractivity contribution < 1.29 is 8.81 Å². The average molecular weight is 351 g/mol. The third-order valence-corrected chi connectivity index (χ3v) is 4.27.